The highest BCUT2D eigenvalue weighted by molar-refractivity contribution is 5.92. The van der Waals surface area contributed by atoms with Gasteiger partial charge in [-0.1, -0.05) is 12.1 Å². The minimum Gasteiger partial charge on any atom is -0.493 e. The van der Waals surface area contributed by atoms with Crippen molar-refractivity contribution in [1.29, 1.82) is 0 Å². The molecule has 1 atom stereocenters. The molecule has 1 unspecified atom stereocenters. The van der Waals surface area contributed by atoms with Crippen LogP contribution in [0.1, 0.15) is 30.5 Å². The topological polar surface area (TPSA) is 56.8 Å². The van der Waals surface area contributed by atoms with Gasteiger partial charge >= 0.3 is 6.61 Å². The fourth-order valence-electron chi connectivity index (χ4n) is 3.07. The molecule has 0 saturated carbocycles. The van der Waals surface area contributed by atoms with E-state index in [1.807, 2.05) is 26.0 Å². The van der Waals surface area contributed by atoms with Crippen molar-refractivity contribution < 1.29 is 27.8 Å². The molecule has 5 nitrogen and oxygen atoms in total. The van der Waals surface area contributed by atoms with Crippen LogP contribution in [0, 0.1) is 0 Å². The van der Waals surface area contributed by atoms with Crippen molar-refractivity contribution in [2.75, 3.05) is 6.61 Å². The summed E-state index contributed by atoms with van der Waals surface area (Å²) in [6.07, 6.45) is 4.07. The van der Waals surface area contributed by atoms with Crippen LogP contribution in [0.4, 0.5) is 8.78 Å². The molecule has 1 aliphatic rings. The van der Waals surface area contributed by atoms with Gasteiger partial charge in [-0.25, -0.2) is 0 Å². The molecular formula is C22H23F2NO4. The maximum atomic E-state index is 12.2. The molecule has 1 amide bonds. The molecule has 1 aliphatic heterocycles. The van der Waals surface area contributed by atoms with Crippen molar-refractivity contribution in [3.05, 3.63) is 59.2 Å². The van der Waals surface area contributed by atoms with Crippen molar-refractivity contribution in [2.24, 2.45) is 0 Å². The van der Waals surface area contributed by atoms with Crippen LogP contribution in [-0.4, -0.2) is 25.2 Å². The quantitative estimate of drug-likeness (QED) is 0.667. The average Bonchev–Trinajstić information content (AvgIpc) is 3.04. The van der Waals surface area contributed by atoms with Gasteiger partial charge in [-0.15, -0.1) is 0 Å². The second-order valence-electron chi connectivity index (χ2n) is 6.64. The third-order valence-corrected chi connectivity index (χ3v) is 4.36. The van der Waals surface area contributed by atoms with E-state index in [1.165, 1.54) is 18.2 Å². The van der Waals surface area contributed by atoms with Gasteiger partial charge in [0.15, 0.2) is 0 Å². The summed E-state index contributed by atoms with van der Waals surface area (Å²) in [5, 5.41) is 2.75. The minimum atomic E-state index is -2.86. The summed E-state index contributed by atoms with van der Waals surface area (Å²) in [5.74, 6) is 1.32. The van der Waals surface area contributed by atoms with Gasteiger partial charge in [-0.2, -0.15) is 8.78 Å². The van der Waals surface area contributed by atoms with Gasteiger partial charge in [0.25, 0.3) is 0 Å². The smallest absolute Gasteiger partial charge is 0.387 e. The maximum Gasteiger partial charge on any atom is 0.387 e. The van der Waals surface area contributed by atoms with Gasteiger partial charge in [-0.3, -0.25) is 4.79 Å². The number of benzene rings is 2. The molecule has 0 saturated heterocycles. The molecule has 2 aromatic rings. The lowest BCUT2D eigenvalue weighted by Crippen LogP contribution is -2.20. The first-order valence-corrected chi connectivity index (χ1v) is 9.40. The Morgan fingerprint density at radius 1 is 1.31 bits per heavy atom. The Labute approximate surface area is 168 Å². The zero-order chi connectivity index (χ0) is 20.8. The van der Waals surface area contributed by atoms with Gasteiger partial charge in [-0.05, 0) is 49.8 Å². The molecule has 0 aromatic heterocycles. The summed E-state index contributed by atoms with van der Waals surface area (Å²) in [7, 11) is 0. The zero-order valence-electron chi connectivity index (χ0n) is 16.3. The van der Waals surface area contributed by atoms with E-state index in [9.17, 15) is 13.6 Å². The van der Waals surface area contributed by atoms with Crippen LogP contribution in [0.15, 0.2) is 42.5 Å². The third-order valence-electron chi connectivity index (χ3n) is 4.36. The van der Waals surface area contributed by atoms with Gasteiger partial charge < -0.3 is 19.5 Å². The summed E-state index contributed by atoms with van der Waals surface area (Å²) in [6.45, 7) is 1.84. The number of fused-ring (bicyclic) bond motifs is 1. The Morgan fingerprint density at radius 2 is 2.07 bits per heavy atom. The SMILES string of the molecule is CCOc1cc2c(cc1/C=C/C(=O)NCc1ccc(OC(F)F)cc1)OC(C)C2. The Hall–Kier alpha value is -3.09. The fraction of sp³-hybridized carbons (Fsp3) is 0.318. The molecule has 7 heteroatoms. The number of alkyl halides is 2. The lowest BCUT2D eigenvalue weighted by molar-refractivity contribution is -0.116. The van der Waals surface area contributed by atoms with Gasteiger partial charge in [0.05, 0.1) is 6.61 Å². The number of halogens is 2. The molecule has 0 fully saturated rings. The van der Waals surface area contributed by atoms with Crippen LogP contribution in [-0.2, 0) is 17.8 Å². The van der Waals surface area contributed by atoms with Crippen LogP contribution < -0.4 is 19.5 Å². The van der Waals surface area contributed by atoms with E-state index >= 15 is 0 Å². The zero-order valence-corrected chi connectivity index (χ0v) is 16.3. The molecule has 154 valence electrons. The van der Waals surface area contributed by atoms with Crippen molar-refractivity contribution in [1.82, 2.24) is 5.32 Å². The molecule has 0 bridgehead atoms. The Kier molecular flexibility index (Phi) is 6.69. The van der Waals surface area contributed by atoms with Crippen LogP contribution in [0.3, 0.4) is 0 Å². The van der Waals surface area contributed by atoms with Crippen LogP contribution in [0.2, 0.25) is 0 Å². The monoisotopic (exact) mass is 403 g/mol. The predicted octanol–water partition coefficient (Wildman–Crippen LogP) is 4.34. The van der Waals surface area contributed by atoms with Crippen molar-refractivity contribution >= 4 is 12.0 Å². The maximum absolute atomic E-state index is 12.2. The van der Waals surface area contributed by atoms with E-state index in [0.717, 1.165) is 28.9 Å². The van der Waals surface area contributed by atoms with E-state index in [2.05, 4.69) is 10.1 Å². The highest BCUT2D eigenvalue weighted by Gasteiger charge is 2.21. The van der Waals surface area contributed by atoms with Crippen LogP contribution in [0.5, 0.6) is 17.2 Å². The summed E-state index contributed by atoms with van der Waals surface area (Å²) < 4.78 is 40.1. The number of hydrogen-bond donors (Lipinski definition) is 1. The molecule has 29 heavy (non-hydrogen) atoms. The van der Waals surface area contributed by atoms with Gasteiger partial charge in [0.2, 0.25) is 5.91 Å². The van der Waals surface area contributed by atoms with E-state index in [1.54, 1.807) is 18.2 Å². The number of carbonyl (C=O) groups excluding carboxylic acids is 1. The highest BCUT2D eigenvalue weighted by Crippen LogP contribution is 2.35. The number of amides is 1. The van der Waals surface area contributed by atoms with Crippen molar-refractivity contribution in [3.63, 3.8) is 0 Å². The number of rotatable bonds is 8. The second-order valence-corrected chi connectivity index (χ2v) is 6.64. The highest BCUT2D eigenvalue weighted by atomic mass is 19.3. The standard InChI is InChI=1S/C22H23F2NO4/c1-3-27-19-12-17-10-14(2)28-20(17)11-16(19)6-9-21(26)25-13-15-4-7-18(8-5-15)29-22(23)24/h4-9,11-12,14,22H,3,10,13H2,1-2H3,(H,25,26)/b9-6+. The largest absolute Gasteiger partial charge is 0.493 e. The third kappa shape index (κ3) is 5.70. The normalized spacial score (nSPS) is 15.3. The Morgan fingerprint density at radius 3 is 2.76 bits per heavy atom. The molecular weight excluding hydrogens is 380 g/mol. The first kappa shape index (κ1) is 20.6. The van der Waals surface area contributed by atoms with Gasteiger partial charge in [0.1, 0.15) is 23.4 Å². The summed E-state index contributed by atoms with van der Waals surface area (Å²) in [5.41, 5.74) is 2.63. The molecule has 0 spiro atoms. The lowest BCUT2D eigenvalue weighted by Gasteiger charge is -2.10. The predicted molar refractivity (Wildman–Crippen MR) is 105 cm³/mol. The lowest BCUT2D eigenvalue weighted by atomic mass is 10.1. The average molecular weight is 403 g/mol. The molecule has 0 radical (unpaired) electrons. The number of hydrogen-bond acceptors (Lipinski definition) is 4. The molecule has 1 N–H and O–H groups in total. The number of carbonyl (C=O) groups is 1. The first-order chi connectivity index (χ1) is 13.9. The Balaban J connectivity index is 1.61. The minimum absolute atomic E-state index is 0.0755. The molecule has 2 aromatic carbocycles. The number of nitrogens with one attached hydrogen (secondary N) is 1. The summed E-state index contributed by atoms with van der Waals surface area (Å²) >= 11 is 0. The molecule has 0 aliphatic carbocycles. The van der Waals surface area contributed by atoms with Crippen molar-refractivity contribution in [3.8, 4) is 17.2 Å². The van der Waals surface area contributed by atoms with Gasteiger partial charge in [0, 0.05) is 30.2 Å². The van der Waals surface area contributed by atoms with E-state index in [0.29, 0.717) is 12.4 Å². The first-order valence-electron chi connectivity index (χ1n) is 9.40. The number of ether oxygens (including phenoxy) is 3. The van der Waals surface area contributed by atoms with E-state index in [-0.39, 0.29) is 24.3 Å². The summed E-state index contributed by atoms with van der Waals surface area (Å²) in [6, 6.07) is 9.95. The summed E-state index contributed by atoms with van der Waals surface area (Å²) in [4.78, 5) is 12.2. The van der Waals surface area contributed by atoms with E-state index < -0.39 is 6.61 Å². The Bertz CT molecular complexity index is 881. The van der Waals surface area contributed by atoms with Crippen molar-refractivity contribution in [2.45, 2.75) is 39.5 Å². The van der Waals surface area contributed by atoms with Crippen LogP contribution in [0.25, 0.3) is 6.08 Å². The second kappa shape index (κ2) is 9.41. The molecule has 3 rings (SSSR count). The fourth-order valence-corrected chi connectivity index (χ4v) is 3.07. The molecule has 1 heterocycles. The van der Waals surface area contributed by atoms with E-state index in [4.69, 9.17) is 9.47 Å². The van der Waals surface area contributed by atoms with Crippen LogP contribution >= 0.6 is 0 Å².